The van der Waals surface area contributed by atoms with Crippen LogP contribution in [0, 0.1) is 11.8 Å². The lowest BCUT2D eigenvalue weighted by Crippen LogP contribution is -2.50. The first-order valence-electron chi connectivity index (χ1n) is 9.49. The third-order valence-electron chi connectivity index (χ3n) is 4.72. The highest BCUT2D eigenvalue weighted by atomic mass is 79.9. The van der Waals surface area contributed by atoms with Crippen LogP contribution >= 0.6 is 15.9 Å². The molecule has 2 rings (SSSR count). The average molecular weight is 440 g/mol. The van der Waals surface area contributed by atoms with E-state index in [1.54, 1.807) is 27.0 Å². The Kier molecular flexibility index (Phi) is 7.65. The minimum Gasteiger partial charge on any atom is -0.444 e. The van der Waals surface area contributed by atoms with Gasteiger partial charge in [0.25, 0.3) is 0 Å². The molecule has 2 amide bonds. The number of alkyl carbamates (subject to hydrolysis) is 1. The van der Waals surface area contributed by atoms with Crippen molar-refractivity contribution in [1.29, 1.82) is 0 Å². The van der Waals surface area contributed by atoms with Gasteiger partial charge in [-0.25, -0.2) is 9.78 Å². The summed E-state index contributed by atoms with van der Waals surface area (Å²) >= 11 is 3.40. The fraction of sp³-hybridized carbons (Fsp3) is 0.650. The van der Waals surface area contributed by atoms with E-state index >= 15 is 0 Å². The van der Waals surface area contributed by atoms with Crippen molar-refractivity contribution >= 4 is 33.7 Å². The quantitative estimate of drug-likeness (QED) is 0.654. The molecule has 150 valence electrons. The zero-order chi connectivity index (χ0) is 20.0. The molecule has 0 saturated heterocycles. The molecule has 0 aliphatic heterocycles. The number of ether oxygens (including phenoxy) is 1. The van der Waals surface area contributed by atoms with Crippen LogP contribution in [0.5, 0.6) is 0 Å². The second-order valence-electron chi connectivity index (χ2n) is 8.32. The average Bonchev–Trinajstić information content (AvgIpc) is 2.59. The van der Waals surface area contributed by atoms with E-state index in [1.807, 2.05) is 12.1 Å². The first kappa shape index (κ1) is 21.7. The molecule has 1 heterocycles. The Hall–Kier alpha value is -1.63. The lowest BCUT2D eigenvalue weighted by Gasteiger charge is -2.32. The fourth-order valence-corrected chi connectivity index (χ4v) is 3.63. The van der Waals surface area contributed by atoms with Gasteiger partial charge in [0.15, 0.2) is 0 Å². The van der Waals surface area contributed by atoms with Gasteiger partial charge in [-0.3, -0.25) is 4.79 Å². The molecule has 0 aromatic carbocycles. The highest BCUT2D eigenvalue weighted by Gasteiger charge is 2.33. The Labute approximate surface area is 170 Å². The van der Waals surface area contributed by atoms with E-state index in [4.69, 9.17) is 4.74 Å². The van der Waals surface area contributed by atoms with Crippen LogP contribution in [0.2, 0.25) is 0 Å². The third kappa shape index (κ3) is 7.13. The largest absolute Gasteiger partial charge is 0.444 e. The standard InChI is InChI=1S/C20H30BrN3O3/c1-13-5-7-15(8-6-13)17(24-19(26)27-20(2,3)4)18(25)23-16-11-14(12-21)9-10-22-16/h9-11,13,15,17H,5-8,12H2,1-4H3,(H,24,26)(H,22,23,25). The number of carbonyl (C=O) groups excluding carboxylic acids is 2. The summed E-state index contributed by atoms with van der Waals surface area (Å²) in [5, 5.41) is 6.33. The van der Waals surface area contributed by atoms with Gasteiger partial charge in [-0.2, -0.15) is 0 Å². The summed E-state index contributed by atoms with van der Waals surface area (Å²) in [4.78, 5) is 29.5. The summed E-state index contributed by atoms with van der Waals surface area (Å²) in [5.74, 6) is 0.980. The van der Waals surface area contributed by atoms with Crippen molar-refractivity contribution in [3.63, 3.8) is 0 Å². The lowest BCUT2D eigenvalue weighted by molar-refractivity contribution is -0.119. The molecule has 2 N–H and O–H groups in total. The van der Waals surface area contributed by atoms with E-state index in [0.29, 0.717) is 17.1 Å². The molecule has 1 saturated carbocycles. The first-order valence-corrected chi connectivity index (χ1v) is 10.6. The van der Waals surface area contributed by atoms with E-state index in [9.17, 15) is 9.59 Å². The Balaban J connectivity index is 2.12. The summed E-state index contributed by atoms with van der Waals surface area (Å²) in [7, 11) is 0. The smallest absolute Gasteiger partial charge is 0.408 e. The normalized spacial score (nSPS) is 21.2. The minimum absolute atomic E-state index is 0.0908. The summed E-state index contributed by atoms with van der Waals surface area (Å²) in [6.07, 6.45) is 5.02. The van der Waals surface area contributed by atoms with E-state index in [2.05, 4.69) is 38.5 Å². The molecule has 7 heteroatoms. The number of hydrogen-bond donors (Lipinski definition) is 2. The van der Waals surface area contributed by atoms with Gasteiger partial charge in [0.1, 0.15) is 17.5 Å². The number of rotatable bonds is 5. The van der Waals surface area contributed by atoms with Crippen molar-refractivity contribution in [3.05, 3.63) is 23.9 Å². The molecule has 1 aliphatic rings. The van der Waals surface area contributed by atoms with Gasteiger partial charge >= 0.3 is 6.09 Å². The van der Waals surface area contributed by atoms with Gasteiger partial charge in [0.05, 0.1) is 0 Å². The Morgan fingerprint density at radius 1 is 1.30 bits per heavy atom. The number of carbonyl (C=O) groups is 2. The maximum Gasteiger partial charge on any atom is 0.408 e. The summed E-state index contributed by atoms with van der Waals surface area (Å²) < 4.78 is 5.37. The molecular formula is C20H30BrN3O3. The Morgan fingerprint density at radius 2 is 1.96 bits per heavy atom. The van der Waals surface area contributed by atoms with Gasteiger partial charge < -0.3 is 15.4 Å². The molecule has 0 bridgehead atoms. The Bertz CT molecular complexity index is 652. The molecule has 0 spiro atoms. The molecule has 1 atom stereocenters. The summed E-state index contributed by atoms with van der Waals surface area (Å²) in [6, 6.07) is 3.06. The number of pyridine rings is 1. The molecule has 27 heavy (non-hydrogen) atoms. The van der Waals surface area contributed by atoms with E-state index in [1.165, 1.54) is 0 Å². The zero-order valence-corrected chi connectivity index (χ0v) is 18.1. The van der Waals surface area contributed by atoms with Crippen LogP contribution in [-0.2, 0) is 14.9 Å². The van der Waals surface area contributed by atoms with Crippen molar-refractivity contribution in [1.82, 2.24) is 10.3 Å². The van der Waals surface area contributed by atoms with Gasteiger partial charge in [-0.05, 0) is 63.1 Å². The number of aromatic nitrogens is 1. The monoisotopic (exact) mass is 439 g/mol. The minimum atomic E-state index is -0.637. The van der Waals surface area contributed by atoms with Crippen LogP contribution in [0.15, 0.2) is 18.3 Å². The molecule has 6 nitrogen and oxygen atoms in total. The predicted octanol–water partition coefficient (Wildman–Crippen LogP) is 4.63. The second-order valence-corrected chi connectivity index (χ2v) is 8.88. The van der Waals surface area contributed by atoms with Crippen molar-refractivity contribution in [2.24, 2.45) is 11.8 Å². The highest BCUT2D eigenvalue weighted by molar-refractivity contribution is 9.08. The van der Waals surface area contributed by atoms with Crippen LogP contribution in [0.3, 0.4) is 0 Å². The molecular weight excluding hydrogens is 410 g/mol. The molecule has 1 aromatic heterocycles. The van der Waals surface area contributed by atoms with Crippen molar-refractivity contribution in [2.75, 3.05) is 5.32 Å². The van der Waals surface area contributed by atoms with E-state index in [0.717, 1.165) is 31.2 Å². The van der Waals surface area contributed by atoms with Crippen LogP contribution in [-0.4, -0.2) is 28.6 Å². The van der Waals surface area contributed by atoms with Crippen molar-refractivity contribution in [2.45, 2.75) is 70.4 Å². The predicted molar refractivity (Wildman–Crippen MR) is 110 cm³/mol. The van der Waals surface area contributed by atoms with E-state index < -0.39 is 17.7 Å². The number of amides is 2. The van der Waals surface area contributed by atoms with Gasteiger partial charge in [0, 0.05) is 11.5 Å². The summed E-state index contributed by atoms with van der Waals surface area (Å²) in [6.45, 7) is 7.64. The van der Waals surface area contributed by atoms with Gasteiger partial charge in [-0.1, -0.05) is 35.7 Å². The number of anilines is 1. The molecule has 1 aliphatic carbocycles. The number of halogens is 1. The topological polar surface area (TPSA) is 80.3 Å². The summed E-state index contributed by atoms with van der Waals surface area (Å²) in [5.41, 5.74) is 0.404. The third-order valence-corrected chi connectivity index (χ3v) is 5.36. The first-order chi connectivity index (χ1) is 12.7. The fourth-order valence-electron chi connectivity index (χ4n) is 3.28. The highest BCUT2D eigenvalue weighted by Crippen LogP contribution is 2.31. The number of nitrogens with zero attached hydrogens (tertiary/aromatic N) is 1. The molecule has 0 radical (unpaired) electrons. The Morgan fingerprint density at radius 3 is 2.56 bits per heavy atom. The van der Waals surface area contributed by atoms with Crippen LogP contribution < -0.4 is 10.6 Å². The van der Waals surface area contributed by atoms with Crippen LogP contribution in [0.25, 0.3) is 0 Å². The second kappa shape index (κ2) is 9.53. The lowest BCUT2D eigenvalue weighted by atomic mass is 9.79. The van der Waals surface area contributed by atoms with Gasteiger partial charge in [0.2, 0.25) is 5.91 Å². The number of nitrogens with one attached hydrogen (secondary N) is 2. The van der Waals surface area contributed by atoms with E-state index in [-0.39, 0.29) is 11.8 Å². The van der Waals surface area contributed by atoms with Crippen molar-refractivity contribution < 1.29 is 14.3 Å². The van der Waals surface area contributed by atoms with Crippen LogP contribution in [0.1, 0.15) is 58.9 Å². The SMILES string of the molecule is CC1CCC(C(NC(=O)OC(C)(C)C)C(=O)Nc2cc(CBr)ccn2)CC1. The maximum atomic E-state index is 13.0. The van der Waals surface area contributed by atoms with Crippen molar-refractivity contribution in [3.8, 4) is 0 Å². The molecule has 1 fully saturated rings. The number of alkyl halides is 1. The van der Waals surface area contributed by atoms with Crippen LogP contribution in [0.4, 0.5) is 10.6 Å². The zero-order valence-electron chi connectivity index (χ0n) is 16.5. The molecule has 1 aromatic rings. The van der Waals surface area contributed by atoms with Gasteiger partial charge in [-0.15, -0.1) is 0 Å². The molecule has 1 unspecified atom stereocenters. The maximum absolute atomic E-state index is 13.0. The number of hydrogen-bond acceptors (Lipinski definition) is 4.